The molecule has 3 aromatic rings. The van der Waals surface area contributed by atoms with Crippen molar-refractivity contribution in [2.75, 3.05) is 0 Å². The summed E-state index contributed by atoms with van der Waals surface area (Å²) in [6.45, 7) is 13.3. The minimum absolute atomic E-state index is 0.540. The van der Waals surface area contributed by atoms with Crippen molar-refractivity contribution >= 4 is 5.57 Å². The molecule has 0 bridgehead atoms. The summed E-state index contributed by atoms with van der Waals surface area (Å²) in [5.41, 5.74) is 5.57. The molecule has 38 heavy (non-hydrogen) atoms. The number of hydrogen-bond acceptors (Lipinski definition) is 3. The molecule has 3 heteroatoms. The first-order valence-electron chi connectivity index (χ1n) is 14.0. The third kappa shape index (κ3) is 7.17. The van der Waals surface area contributed by atoms with E-state index in [2.05, 4.69) is 95.3 Å². The van der Waals surface area contributed by atoms with E-state index in [1.54, 1.807) is 0 Å². The van der Waals surface area contributed by atoms with Crippen molar-refractivity contribution in [3.8, 4) is 22.6 Å². The highest BCUT2D eigenvalue weighted by atomic mass is 17.2. The molecule has 0 radical (unpaired) electrons. The topological polar surface area (TPSA) is 27.7 Å². The fraction of sp³-hybridized carbons (Fsp3) is 0.371. The maximum absolute atomic E-state index is 6.08. The lowest BCUT2D eigenvalue weighted by Gasteiger charge is -2.24. The number of para-hydroxylation sites is 1. The fourth-order valence-electron chi connectivity index (χ4n) is 5.05. The van der Waals surface area contributed by atoms with Crippen molar-refractivity contribution in [2.24, 2.45) is 17.8 Å². The molecule has 1 aliphatic carbocycles. The standard InChI is InChI=1S/C35H42O3/c1-24(2)23-34(25(3)4)30-19-21-31(22-20-30)36-27(6)37-38-35-32(28-11-8-7-9-12-28)13-10-14-33(35)29-17-15-26(5)16-18-29/h7-15,17-22,24-27,34H,16,23H2,1-6H3. The van der Waals surface area contributed by atoms with Gasteiger partial charge in [0, 0.05) is 18.1 Å². The van der Waals surface area contributed by atoms with Crippen LogP contribution in [0.25, 0.3) is 16.7 Å². The summed E-state index contributed by atoms with van der Waals surface area (Å²) in [7, 11) is 0. The van der Waals surface area contributed by atoms with E-state index in [1.807, 2.05) is 37.3 Å². The van der Waals surface area contributed by atoms with E-state index in [9.17, 15) is 0 Å². The van der Waals surface area contributed by atoms with Crippen LogP contribution in [0, 0.1) is 17.8 Å². The number of benzene rings is 3. The van der Waals surface area contributed by atoms with Crippen molar-refractivity contribution in [3.63, 3.8) is 0 Å². The quantitative estimate of drug-likeness (QED) is 0.146. The molecule has 0 aliphatic heterocycles. The average Bonchev–Trinajstić information content (AvgIpc) is 2.91. The summed E-state index contributed by atoms with van der Waals surface area (Å²) < 4.78 is 6.08. The molecule has 0 fully saturated rings. The van der Waals surface area contributed by atoms with Gasteiger partial charge < -0.3 is 9.62 Å². The summed E-state index contributed by atoms with van der Waals surface area (Å²) in [5, 5.41) is 0. The Bertz CT molecular complexity index is 1220. The predicted octanol–water partition coefficient (Wildman–Crippen LogP) is 9.85. The third-order valence-electron chi connectivity index (χ3n) is 7.13. The van der Waals surface area contributed by atoms with E-state index in [0.717, 1.165) is 34.4 Å². The third-order valence-corrected chi connectivity index (χ3v) is 7.13. The van der Waals surface area contributed by atoms with Gasteiger partial charge in [0.15, 0.2) is 5.75 Å². The summed E-state index contributed by atoms with van der Waals surface area (Å²) in [6, 6.07) is 24.9. The predicted molar refractivity (Wildman–Crippen MR) is 158 cm³/mol. The van der Waals surface area contributed by atoms with E-state index in [-0.39, 0.29) is 0 Å². The number of allylic oxidation sites excluding steroid dienone is 4. The Hall–Kier alpha value is -3.30. The monoisotopic (exact) mass is 510 g/mol. The van der Waals surface area contributed by atoms with E-state index < -0.39 is 6.29 Å². The highest BCUT2D eigenvalue weighted by molar-refractivity contribution is 5.84. The van der Waals surface area contributed by atoms with Crippen molar-refractivity contribution in [2.45, 2.75) is 66.6 Å². The Morgan fingerprint density at radius 3 is 2.16 bits per heavy atom. The molecule has 0 heterocycles. The minimum Gasteiger partial charge on any atom is -0.461 e. The zero-order valence-electron chi connectivity index (χ0n) is 23.7. The first-order valence-corrected chi connectivity index (χ1v) is 14.0. The molecule has 0 spiro atoms. The maximum Gasteiger partial charge on any atom is 0.239 e. The SMILES string of the molecule is CC(C)CC(c1ccc(OC(C)OOc2c(C3=CCC(C)C=C3)cccc2-c2ccccc2)cc1)C(C)C. The molecule has 200 valence electrons. The van der Waals surface area contributed by atoms with E-state index >= 15 is 0 Å². The van der Waals surface area contributed by atoms with Gasteiger partial charge in [0.1, 0.15) is 5.75 Å². The molecule has 3 atom stereocenters. The normalized spacial score (nSPS) is 16.8. The molecule has 4 rings (SSSR count). The van der Waals surface area contributed by atoms with Crippen molar-refractivity contribution in [3.05, 3.63) is 102 Å². The van der Waals surface area contributed by atoms with Gasteiger partial charge in [-0.05, 0) is 65.3 Å². The Kier molecular flexibility index (Phi) is 9.47. The minimum atomic E-state index is -0.593. The van der Waals surface area contributed by atoms with Crippen LogP contribution in [0.2, 0.25) is 0 Å². The highest BCUT2D eigenvalue weighted by Gasteiger charge is 2.20. The summed E-state index contributed by atoms with van der Waals surface area (Å²) >= 11 is 0. The van der Waals surface area contributed by atoms with Crippen molar-refractivity contribution < 1.29 is 14.5 Å². The van der Waals surface area contributed by atoms with E-state index in [0.29, 0.717) is 29.4 Å². The van der Waals surface area contributed by atoms with Gasteiger partial charge in [0.05, 0.1) is 0 Å². The lowest BCUT2D eigenvalue weighted by atomic mass is 9.82. The first kappa shape index (κ1) is 27.7. The number of rotatable bonds is 11. The van der Waals surface area contributed by atoms with Gasteiger partial charge in [0.25, 0.3) is 0 Å². The van der Waals surface area contributed by atoms with E-state index in [1.165, 1.54) is 12.0 Å². The van der Waals surface area contributed by atoms with Crippen LogP contribution in [0.3, 0.4) is 0 Å². The molecule has 3 nitrogen and oxygen atoms in total. The Morgan fingerprint density at radius 1 is 0.816 bits per heavy atom. The summed E-state index contributed by atoms with van der Waals surface area (Å²) in [5.74, 6) is 3.80. The Labute approximate surface area is 229 Å². The van der Waals surface area contributed by atoms with Crippen LogP contribution in [0.1, 0.15) is 71.4 Å². The van der Waals surface area contributed by atoms with Gasteiger partial charge >= 0.3 is 0 Å². The van der Waals surface area contributed by atoms with Crippen LogP contribution in [-0.2, 0) is 4.89 Å². The second-order valence-corrected chi connectivity index (χ2v) is 11.2. The summed E-state index contributed by atoms with van der Waals surface area (Å²) in [6.07, 6.45) is 8.29. The van der Waals surface area contributed by atoms with Crippen LogP contribution in [0.15, 0.2) is 91.0 Å². The lowest BCUT2D eigenvalue weighted by Crippen LogP contribution is -2.19. The molecular weight excluding hydrogens is 468 g/mol. The zero-order valence-corrected chi connectivity index (χ0v) is 23.7. The molecule has 0 aromatic heterocycles. The molecule has 0 N–H and O–H groups in total. The van der Waals surface area contributed by atoms with Crippen molar-refractivity contribution in [1.82, 2.24) is 0 Å². The average molecular weight is 511 g/mol. The second-order valence-electron chi connectivity index (χ2n) is 11.2. The zero-order chi connectivity index (χ0) is 27.1. The molecule has 3 unspecified atom stereocenters. The fourth-order valence-corrected chi connectivity index (χ4v) is 5.05. The number of ether oxygens (including phenoxy) is 1. The van der Waals surface area contributed by atoms with Crippen LogP contribution in [0.5, 0.6) is 11.5 Å². The van der Waals surface area contributed by atoms with Crippen LogP contribution >= 0.6 is 0 Å². The molecule has 0 saturated carbocycles. The van der Waals surface area contributed by atoms with Gasteiger partial charge in [-0.3, -0.25) is 0 Å². The lowest BCUT2D eigenvalue weighted by molar-refractivity contribution is -0.289. The number of hydrogen-bond donors (Lipinski definition) is 0. The van der Waals surface area contributed by atoms with Crippen LogP contribution in [-0.4, -0.2) is 6.29 Å². The van der Waals surface area contributed by atoms with Crippen molar-refractivity contribution in [1.29, 1.82) is 0 Å². The maximum atomic E-state index is 6.08. The van der Waals surface area contributed by atoms with Gasteiger partial charge in [0.2, 0.25) is 6.29 Å². The van der Waals surface area contributed by atoms with Gasteiger partial charge in [-0.2, -0.15) is 0 Å². The molecular formula is C35H42O3. The Morgan fingerprint density at radius 2 is 1.53 bits per heavy atom. The Balaban J connectivity index is 1.50. The van der Waals surface area contributed by atoms with Crippen LogP contribution < -0.4 is 9.62 Å². The van der Waals surface area contributed by atoms with Crippen LogP contribution in [0.4, 0.5) is 0 Å². The van der Waals surface area contributed by atoms with Gasteiger partial charge in [-0.25, -0.2) is 0 Å². The molecule has 3 aromatic carbocycles. The second kappa shape index (κ2) is 13.0. The van der Waals surface area contributed by atoms with E-state index in [4.69, 9.17) is 14.5 Å². The molecule has 0 amide bonds. The molecule has 1 aliphatic rings. The highest BCUT2D eigenvalue weighted by Crippen LogP contribution is 2.39. The first-order chi connectivity index (χ1) is 18.3. The van der Waals surface area contributed by atoms with Gasteiger partial charge in [-0.15, -0.1) is 4.89 Å². The largest absolute Gasteiger partial charge is 0.461 e. The smallest absolute Gasteiger partial charge is 0.239 e. The summed E-state index contributed by atoms with van der Waals surface area (Å²) in [4.78, 5) is 11.9. The van der Waals surface area contributed by atoms with Gasteiger partial charge in [-0.1, -0.05) is 114 Å². The molecule has 0 saturated heterocycles.